The first-order valence-electron chi connectivity index (χ1n) is 5.94. The van der Waals surface area contributed by atoms with Crippen molar-refractivity contribution in [2.75, 3.05) is 17.2 Å². The predicted molar refractivity (Wildman–Crippen MR) is 85.9 cm³/mol. The van der Waals surface area contributed by atoms with Crippen LogP contribution in [0.5, 0.6) is 0 Å². The van der Waals surface area contributed by atoms with Crippen molar-refractivity contribution in [2.24, 2.45) is 5.92 Å². The van der Waals surface area contributed by atoms with Gasteiger partial charge in [-0.25, -0.2) is 8.42 Å². The number of benzene rings is 1. The maximum absolute atomic E-state index is 12.1. The van der Waals surface area contributed by atoms with E-state index in [-0.39, 0.29) is 35.1 Å². The minimum Gasteiger partial charge on any atom is -0.306 e. The lowest BCUT2D eigenvalue weighted by Gasteiger charge is -2.17. The van der Waals surface area contributed by atoms with Crippen LogP contribution < -0.4 is 4.90 Å². The molecule has 0 N–H and O–H groups in total. The van der Waals surface area contributed by atoms with Crippen molar-refractivity contribution in [1.29, 1.82) is 0 Å². The van der Waals surface area contributed by atoms with E-state index < -0.39 is 25.8 Å². The van der Waals surface area contributed by atoms with Gasteiger partial charge in [0.2, 0.25) is 15.0 Å². The largest absolute Gasteiger partial charge is 0.306 e. The molecule has 1 amide bonds. The molecule has 1 aromatic rings. The average molecular weight is 432 g/mol. The highest BCUT2D eigenvalue weighted by atomic mass is 79.9. The molecule has 1 aliphatic heterocycles. The highest BCUT2D eigenvalue weighted by Gasteiger charge is 2.36. The van der Waals surface area contributed by atoms with Gasteiger partial charge in [-0.2, -0.15) is 0 Å². The molecule has 0 spiro atoms. The Morgan fingerprint density at radius 2 is 2.09 bits per heavy atom. The Morgan fingerprint density at radius 3 is 2.64 bits per heavy atom. The normalized spacial score (nSPS) is 18.8. The summed E-state index contributed by atoms with van der Waals surface area (Å²) in [6, 6.07) is 2.51. The topological polar surface area (TPSA) is 97.6 Å². The Balaban J connectivity index is 2.38. The molecular formula is C11H9BrCl2N2O5S. The van der Waals surface area contributed by atoms with E-state index in [0.717, 1.165) is 0 Å². The molecule has 11 heteroatoms. The van der Waals surface area contributed by atoms with Gasteiger partial charge in [0.1, 0.15) is 5.69 Å². The van der Waals surface area contributed by atoms with Crippen molar-refractivity contribution in [2.45, 2.75) is 6.42 Å². The molecule has 1 fully saturated rings. The molecule has 0 aliphatic carbocycles. The van der Waals surface area contributed by atoms with Crippen LogP contribution in [0.25, 0.3) is 0 Å². The second-order valence-electron chi connectivity index (χ2n) is 4.79. The fourth-order valence-electron chi connectivity index (χ4n) is 2.30. The van der Waals surface area contributed by atoms with Gasteiger partial charge in [-0.1, -0.05) is 11.6 Å². The Bertz CT molecular complexity index is 755. The molecule has 0 radical (unpaired) electrons. The van der Waals surface area contributed by atoms with Gasteiger partial charge in [-0.15, -0.1) is 0 Å². The summed E-state index contributed by atoms with van der Waals surface area (Å²) in [5, 5.41) is 11.4. The number of hydrogen-bond acceptors (Lipinski definition) is 5. The average Bonchev–Trinajstić information content (AvgIpc) is 2.70. The van der Waals surface area contributed by atoms with Crippen LogP contribution in [-0.2, 0) is 13.8 Å². The number of rotatable bonds is 4. The van der Waals surface area contributed by atoms with E-state index >= 15 is 0 Å². The molecule has 1 atom stereocenters. The third-order valence-corrected chi connectivity index (χ3v) is 5.59. The maximum atomic E-state index is 12.1. The molecule has 120 valence electrons. The molecule has 1 heterocycles. The van der Waals surface area contributed by atoms with Crippen LogP contribution in [0, 0.1) is 16.0 Å². The van der Waals surface area contributed by atoms with E-state index in [1.54, 1.807) is 0 Å². The summed E-state index contributed by atoms with van der Waals surface area (Å²) >= 11 is 9.02. The van der Waals surface area contributed by atoms with E-state index in [2.05, 4.69) is 15.9 Å². The van der Waals surface area contributed by atoms with Crippen LogP contribution in [0.2, 0.25) is 5.02 Å². The molecule has 1 aliphatic rings. The van der Waals surface area contributed by atoms with Gasteiger partial charge in [0.05, 0.1) is 15.7 Å². The molecule has 0 bridgehead atoms. The first kappa shape index (κ1) is 17.5. The zero-order valence-electron chi connectivity index (χ0n) is 10.8. The summed E-state index contributed by atoms with van der Waals surface area (Å²) < 4.78 is 22.6. The Labute approximate surface area is 143 Å². The fourth-order valence-corrected chi connectivity index (χ4v) is 4.11. The Morgan fingerprint density at radius 1 is 1.45 bits per heavy atom. The summed E-state index contributed by atoms with van der Waals surface area (Å²) in [6.07, 6.45) is -0.0449. The number of amides is 1. The van der Waals surface area contributed by atoms with Crippen molar-refractivity contribution >= 4 is 64.5 Å². The highest BCUT2D eigenvalue weighted by Crippen LogP contribution is 2.39. The highest BCUT2D eigenvalue weighted by molar-refractivity contribution is 9.10. The van der Waals surface area contributed by atoms with E-state index in [0.29, 0.717) is 4.47 Å². The van der Waals surface area contributed by atoms with Crippen LogP contribution >= 0.6 is 38.2 Å². The molecule has 7 nitrogen and oxygen atoms in total. The van der Waals surface area contributed by atoms with Gasteiger partial charge < -0.3 is 4.90 Å². The van der Waals surface area contributed by atoms with Crippen LogP contribution in [-0.4, -0.2) is 31.5 Å². The van der Waals surface area contributed by atoms with Crippen molar-refractivity contribution < 1.29 is 18.1 Å². The lowest BCUT2D eigenvalue weighted by molar-refractivity contribution is -0.384. The van der Waals surface area contributed by atoms with Crippen LogP contribution in [0.3, 0.4) is 0 Å². The van der Waals surface area contributed by atoms with E-state index in [4.69, 9.17) is 22.3 Å². The Hall–Kier alpha value is -0.900. The first-order chi connectivity index (χ1) is 10.1. The summed E-state index contributed by atoms with van der Waals surface area (Å²) in [4.78, 5) is 23.7. The SMILES string of the molecule is O=C1CC(CS(=O)(=O)Cl)CN1c1cc(Cl)c(Br)cc1[N+](=O)[O-]. The molecular weight excluding hydrogens is 423 g/mol. The number of nitro groups is 1. The number of carbonyl (C=O) groups excluding carboxylic acids is 1. The van der Waals surface area contributed by atoms with E-state index in [1.165, 1.54) is 17.0 Å². The van der Waals surface area contributed by atoms with E-state index in [9.17, 15) is 23.3 Å². The van der Waals surface area contributed by atoms with Crippen molar-refractivity contribution in [3.05, 3.63) is 31.7 Å². The minimum absolute atomic E-state index is 0.0313. The number of carbonyl (C=O) groups is 1. The lowest BCUT2D eigenvalue weighted by atomic mass is 10.1. The molecule has 1 unspecified atom stereocenters. The zero-order valence-corrected chi connectivity index (χ0v) is 14.7. The molecule has 0 saturated carbocycles. The number of anilines is 1. The quantitative estimate of drug-likeness (QED) is 0.414. The third-order valence-electron chi connectivity index (χ3n) is 3.14. The van der Waals surface area contributed by atoms with Crippen LogP contribution in [0.15, 0.2) is 16.6 Å². The van der Waals surface area contributed by atoms with Gasteiger partial charge >= 0.3 is 0 Å². The summed E-state index contributed by atoms with van der Waals surface area (Å²) in [5.41, 5.74) is -0.253. The molecule has 2 rings (SSSR count). The standard InChI is InChI=1S/C11H9BrCl2N2O5S/c12-7-2-10(16(18)19)9(3-8(7)13)15-4-6(1-11(15)17)5-22(14,20)21/h2-3,6H,1,4-5H2. The summed E-state index contributed by atoms with van der Waals surface area (Å²) in [5.74, 6) is -1.29. The van der Waals surface area contributed by atoms with Crippen molar-refractivity contribution in [1.82, 2.24) is 0 Å². The summed E-state index contributed by atoms with van der Waals surface area (Å²) in [7, 11) is 1.44. The van der Waals surface area contributed by atoms with Crippen LogP contribution in [0.4, 0.5) is 11.4 Å². The Kier molecular flexibility index (Phi) is 5.00. The third kappa shape index (κ3) is 3.89. The number of hydrogen-bond donors (Lipinski definition) is 0. The predicted octanol–water partition coefficient (Wildman–Crippen LogP) is 2.93. The lowest BCUT2D eigenvalue weighted by Crippen LogP contribution is -2.26. The smallest absolute Gasteiger partial charge is 0.294 e. The molecule has 22 heavy (non-hydrogen) atoms. The molecule has 0 aromatic heterocycles. The molecule has 1 aromatic carbocycles. The second-order valence-corrected chi connectivity index (χ2v) is 8.88. The van der Waals surface area contributed by atoms with Crippen molar-refractivity contribution in [3.8, 4) is 0 Å². The first-order valence-corrected chi connectivity index (χ1v) is 9.59. The van der Waals surface area contributed by atoms with Crippen LogP contribution in [0.1, 0.15) is 6.42 Å². The summed E-state index contributed by atoms with van der Waals surface area (Å²) in [6.45, 7) is 0.0313. The van der Waals surface area contributed by atoms with E-state index in [1.807, 2.05) is 0 Å². The van der Waals surface area contributed by atoms with Gasteiger partial charge in [0, 0.05) is 40.1 Å². The maximum Gasteiger partial charge on any atom is 0.294 e. The zero-order chi connectivity index (χ0) is 16.7. The van der Waals surface area contributed by atoms with Gasteiger partial charge in [0.15, 0.2) is 0 Å². The number of nitro benzene ring substituents is 1. The second kappa shape index (κ2) is 6.31. The number of nitrogens with zero attached hydrogens (tertiary/aromatic N) is 2. The number of halogens is 3. The van der Waals surface area contributed by atoms with Crippen molar-refractivity contribution in [3.63, 3.8) is 0 Å². The monoisotopic (exact) mass is 430 g/mol. The molecule has 1 saturated heterocycles. The minimum atomic E-state index is -3.75. The fraction of sp³-hybridized carbons (Fsp3) is 0.364. The van der Waals surface area contributed by atoms with Gasteiger partial charge in [-0.3, -0.25) is 14.9 Å². The van der Waals surface area contributed by atoms with Gasteiger partial charge in [-0.05, 0) is 22.0 Å². The van der Waals surface area contributed by atoms with Gasteiger partial charge in [0.25, 0.3) is 5.69 Å².